The van der Waals surface area contributed by atoms with Gasteiger partial charge in [-0.2, -0.15) is 0 Å². The SMILES string of the molecule is CC(C)C(C(=O)O)C1(O)CCC2(CCCC2)CC1. The van der Waals surface area contributed by atoms with E-state index in [1.807, 2.05) is 13.8 Å². The molecule has 0 heterocycles. The molecular formula is C15H26O3. The van der Waals surface area contributed by atoms with Crippen LogP contribution in [0.25, 0.3) is 0 Å². The Kier molecular flexibility index (Phi) is 3.72. The quantitative estimate of drug-likeness (QED) is 0.813. The van der Waals surface area contributed by atoms with Crippen molar-refractivity contribution in [2.45, 2.75) is 70.8 Å². The third kappa shape index (κ3) is 2.42. The standard InChI is InChI=1S/C15H26O3/c1-11(2)12(13(16)17)15(18)9-7-14(8-10-15)5-3-4-6-14/h11-12,18H,3-10H2,1-2H3,(H,16,17). The smallest absolute Gasteiger partial charge is 0.309 e. The lowest BCUT2D eigenvalue weighted by Gasteiger charge is -2.45. The minimum atomic E-state index is -0.978. The average molecular weight is 254 g/mol. The van der Waals surface area contributed by atoms with E-state index in [-0.39, 0.29) is 5.92 Å². The summed E-state index contributed by atoms with van der Waals surface area (Å²) >= 11 is 0. The molecule has 0 aromatic carbocycles. The highest BCUT2D eigenvalue weighted by atomic mass is 16.4. The van der Waals surface area contributed by atoms with E-state index in [1.54, 1.807) is 0 Å². The first-order valence-corrected chi connectivity index (χ1v) is 7.34. The van der Waals surface area contributed by atoms with E-state index >= 15 is 0 Å². The van der Waals surface area contributed by atoms with Gasteiger partial charge >= 0.3 is 5.97 Å². The van der Waals surface area contributed by atoms with Crippen molar-refractivity contribution in [3.8, 4) is 0 Å². The van der Waals surface area contributed by atoms with Crippen LogP contribution in [0.4, 0.5) is 0 Å². The van der Waals surface area contributed by atoms with E-state index in [4.69, 9.17) is 0 Å². The Labute approximate surface area is 110 Å². The predicted octanol–water partition coefficient (Wildman–Crippen LogP) is 3.21. The van der Waals surface area contributed by atoms with Crippen molar-refractivity contribution in [2.75, 3.05) is 0 Å². The van der Waals surface area contributed by atoms with Gasteiger partial charge in [0, 0.05) is 0 Å². The lowest BCUT2D eigenvalue weighted by molar-refractivity contribution is -0.161. The summed E-state index contributed by atoms with van der Waals surface area (Å²) in [4.78, 5) is 11.4. The van der Waals surface area contributed by atoms with Crippen LogP contribution in [-0.4, -0.2) is 21.8 Å². The van der Waals surface area contributed by atoms with E-state index in [0.717, 1.165) is 12.8 Å². The highest BCUT2D eigenvalue weighted by Gasteiger charge is 2.49. The van der Waals surface area contributed by atoms with Gasteiger partial charge in [0.2, 0.25) is 0 Å². The van der Waals surface area contributed by atoms with Crippen molar-refractivity contribution in [1.82, 2.24) is 0 Å². The molecule has 0 saturated heterocycles. The lowest BCUT2D eigenvalue weighted by atomic mass is 9.62. The van der Waals surface area contributed by atoms with E-state index in [0.29, 0.717) is 18.3 Å². The Morgan fingerprint density at radius 3 is 1.89 bits per heavy atom. The first kappa shape index (κ1) is 13.9. The summed E-state index contributed by atoms with van der Waals surface area (Å²) in [5.41, 5.74) is -0.542. The molecule has 0 radical (unpaired) electrons. The Hall–Kier alpha value is -0.570. The molecule has 104 valence electrons. The van der Waals surface area contributed by atoms with Gasteiger partial charge in [-0.1, -0.05) is 26.7 Å². The number of carboxylic acid groups (broad SMARTS) is 1. The minimum absolute atomic E-state index is 0.00914. The molecule has 0 amide bonds. The van der Waals surface area contributed by atoms with Gasteiger partial charge < -0.3 is 10.2 Å². The predicted molar refractivity (Wildman–Crippen MR) is 70.3 cm³/mol. The third-order valence-electron chi connectivity index (χ3n) is 5.35. The van der Waals surface area contributed by atoms with Crippen LogP contribution in [0.5, 0.6) is 0 Å². The Bertz CT molecular complexity index is 306. The molecule has 3 nitrogen and oxygen atoms in total. The van der Waals surface area contributed by atoms with Crippen LogP contribution in [0.3, 0.4) is 0 Å². The molecular weight excluding hydrogens is 228 g/mol. The van der Waals surface area contributed by atoms with E-state index in [1.165, 1.54) is 25.7 Å². The fraction of sp³-hybridized carbons (Fsp3) is 0.933. The van der Waals surface area contributed by atoms with Crippen molar-refractivity contribution in [3.63, 3.8) is 0 Å². The lowest BCUT2D eigenvalue weighted by Crippen LogP contribution is -2.49. The number of carboxylic acids is 1. The first-order valence-electron chi connectivity index (χ1n) is 7.34. The highest BCUT2D eigenvalue weighted by Crippen LogP contribution is 2.53. The summed E-state index contributed by atoms with van der Waals surface area (Å²) in [6.07, 6.45) is 8.55. The molecule has 2 fully saturated rings. The minimum Gasteiger partial charge on any atom is -0.481 e. The molecule has 2 N–H and O–H groups in total. The van der Waals surface area contributed by atoms with Crippen molar-refractivity contribution in [1.29, 1.82) is 0 Å². The molecule has 0 bridgehead atoms. The maximum atomic E-state index is 11.4. The number of hydrogen-bond acceptors (Lipinski definition) is 2. The van der Waals surface area contributed by atoms with Crippen LogP contribution in [-0.2, 0) is 4.79 Å². The number of rotatable bonds is 3. The Morgan fingerprint density at radius 1 is 1.00 bits per heavy atom. The molecule has 2 rings (SSSR count). The maximum absolute atomic E-state index is 11.4. The van der Waals surface area contributed by atoms with Gasteiger partial charge in [0.25, 0.3) is 0 Å². The largest absolute Gasteiger partial charge is 0.481 e. The molecule has 3 heteroatoms. The molecule has 1 atom stereocenters. The summed E-state index contributed by atoms with van der Waals surface area (Å²) in [5.74, 6) is -1.46. The van der Waals surface area contributed by atoms with Crippen molar-refractivity contribution >= 4 is 5.97 Å². The van der Waals surface area contributed by atoms with Gasteiger partial charge in [0.1, 0.15) is 0 Å². The molecule has 2 aliphatic rings. The maximum Gasteiger partial charge on any atom is 0.309 e. The number of hydrogen-bond donors (Lipinski definition) is 2. The zero-order valence-corrected chi connectivity index (χ0v) is 11.6. The summed E-state index contributed by atoms with van der Waals surface area (Å²) in [6.45, 7) is 3.80. The van der Waals surface area contributed by atoms with Gasteiger partial charge in [0.05, 0.1) is 11.5 Å². The van der Waals surface area contributed by atoms with Crippen molar-refractivity contribution < 1.29 is 15.0 Å². The van der Waals surface area contributed by atoms with Gasteiger partial charge in [-0.05, 0) is 49.9 Å². The second-order valence-electron chi connectivity index (χ2n) is 6.87. The fourth-order valence-electron chi connectivity index (χ4n) is 4.28. The monoisotopic (exact) mass is 254 g/mol. The highest BCUT2D eigenvalue weighted by molar-refractivity contribution is 5.71. The average Bonchev–Trinajstić information content (AvgIpc) is 2.71. The molecule has 0 aliphatic heterocycles. The molecule has 18 heavy (non-hydrogen) atoms. The summed E-state index contributed by atoms with van der Waals surface area (Å²) in [5, 5.41) is 20.1. The number of aliphatic hydroxyl groups is 1. The van der Waals surface area contributed by atoms with Crippen LogP contribution in [0, 0.1) is 17.3 Å². The second kappa shape index (κ2) is 4.84. The van der Waals surface area contributed by atoms with Crippen LogP contribution in [0.1, 0.15) is 65.2 Å². The molecule has 1 unspecified atom stereocenters. The summed E-state index contributed by atoms with van der Waals surface area (Å²) in [6, 6.07) is 0. The van der Waals surface area contributed by atoms with E-state index in [2.05, 4.69) is 0 Å². The van der Waals surface area contributed by atoms with Crippen molar-refractivity contribution in [3.05, 3.63) is 0 Å². The fourth-order valence-corrected chi connectivity index (χ4v) is 4.28. The van der Waals surface area contributed by atoms with Crippen LogP contribution < -0.4 is 0 Å². The summed E-state index contributed by atoms with van der Waals surface area (Å²) < 4.78 is 0. The van der Waals surface area contributed by atoms with Crippen molar-refractivity contribution in [2.24, 2.45) is 17.3 Å². The number of carbonyl (C=O) groups is 1. The zero-order chi connectivity index (χ0) is 13.4. The first-order chi connectivity index (χ1) is 8.39. The topological polar surface area (TPSA) is 57.5 Å². The van der Waals surface area contributed by atoms with E-state index in [9.17, 15) is 15.0 Å². The van der Waals surface area contributed by atoms with Gasteiger partial charge in [0.15, 0.2) is 0 Å². The van der Waals surface area contributed by atoms with E-state index < -0.39 is 17.5 Å². The van der Waals surface area contributed by atoms with Gasteiger partial charge in [-0.25, -0.2) is 0 Å². The second-order valence-corrected chi connectivity index (χ2v) is 6.87. The molecule has 2 saturated carbocycles. The Balaban J connectivity index is 2.07. The summed E-state index contributed by atoms with van der Waals surface area (Å²) in [7, 11) is 0. The molecule has 1 spiro atoms. The van der Waals surface area contributed by atoms with Gasteiger partial charge in [-0.15, -0.1) is 0 Å². The van der Waals surface area contributed by atoms with Crippen LogP contribution in [0.2, 0.25) is 0 Å². The Morgan fingerprint density at radius 2 is 1.50 bits per heavy atom. The molecule has 0 aromatic heterocycles. The zero-order valence-electron chi connectivity index (χ0n) is 11.6. The molecule has 0 aromatic rings. The van der Waals surface area contributed by atoms with Gasteiger partial charge in [-0.3, -0.25) is 4.79 Å². The normalized spacial score (nSPS) is 27.6. The number of aliphatic carboxylic acids is 1. The third-order valence-corrected chi connectivity index (χ3v) is 5.35. The van der Waals surface area contributed by atoms with Crippen LogP contribution >= 0.6 is 0 Å². The molecule has 2 aliphatic carbocycles. The van der Waals surface area contributed by atoms with Crippen LogP contribution in [0.15, 0.2) is 0 Å².